The van der Waals surface area contributed by atoms with Crippen LogP contribution in [0.5, 0.6) is 0 Å². The molecular formula is C11H14F3NO. The fourth-order valence-corrected chi connectivity index (χ4v) is 1.35. The SMILES string of the molecule is OCCC(NCc1ccccc1)C(F)(F)F. The van der Waals surface area contributed by atoms with Crippen molar-refractivity contribution in [2.75, 3.05) is 6.61 Å². The van der Waals surface area contributed by atoms with E-state index in [1.807, 2.05) is 0 Å². The fraction of sp³-hybridized carbons (Fsp3) is 0.455. The van der Waals surface area contributed by atoms with E-state index in [1.54, 1.807) is 30.3 Å². The molecule has 0 saturated heterocycles. The van der Waals surface area contributed by atoms with Gasteiger partial charge in [-0.15, -0.1) is 0 Å². The Morgan fingerprint density at radius 3 is 2.31 bits per heavy atom. The van der Waals surface area contributed by atoms with Crippen molar-refractivity contribution in [3.63, 3.8) is 0 Å². The minimum Gasteiger partial charge on any atom is -0.396 e. The number of rotatable bonds is 5. The van der Waals surface area contributed by atoms with Gasteiger partial charge in [-0.3, -0.25) is 0 Å². The van der Waals surface area contributed by atoms with Crippen LogP contribution in [-0.4, -0.2) is 23.9 Å². The average Bonchev–Trinajstić information content (AvgIpc) is 2.24. The van der Waals surface area contributed by atoms with E-state index in [1.165, 1.54) is 0 Å². The van der Waals surface area contributed by atoms with Crippen LogP contribution in [-0.2, 0) is 6.54 Å². The van der Waals surface area contributed by atoms with Crippen molar-refractivity contribution in [3.8, 4) is 0 Å². The summed E-state index contributed by atoms with van der Waals surface area (Å²) < 4.78 is 37.3. The molecule has 1 aromatic rings. The third kappa shape index (κ3) is 4.20. The maximum Gasteiger partial charge on any atom is 0.403 e. The first-order valence-electron chi connectivity index (χ1n) is 4.99. The molecule has 0 aliphatic heterocycles. The second-order valence-corrected chi connectivity index (χ2v) is 3.47. The Labute approximate surface area is 92.1 Å². The van der Waals surface area contributed by atoms with Crippen molar-refractivity contribution in [2.24, 2.45) is 0 Å². The summed E-state index contributed by atoms with van der Waals surface area (Å²) in [4.78, 5) is 0. The Morgan fingerprint density at radius 1 is 1.19 bits per heavy atom. The molecule has 0 heterocycles. The Bertz CT molecular complexity index is 300. The van der Waals surface area contributed by atoms with Crippen molar-refractivity contribution >= 4 is 0 Å². The lowest BCUT2D eigenvalue weighted by Crippen LogP contribution is -2.42. The van der Waals surface area contributed by atoms with Crippen LogP contribution in [0.2, 0.25) is 0 Å². The van der Waals surface area contributed by atoms with Gasteiger partial charge in [-0.1, -0.05) is 30.3 Å². The number of halogens is 3. The van der Waals surface area contributed by atoms with Gasteiger partial charge in [-0.25, -0.2) is 0 Å². The van der Waals surface area contributed by atoms with Crippen molar-refractivity contribution in [1.29, 1.82) is 0 Å². The lowest BCUT2D eigenvalue weighted by atomic mass is 10.1. The van der Waals surface area contributed by atoms with Crippen molar-refractivity contribution in [2.45, 2.75) is 25.2 Å². The molecule has 5 heteroatoms. The Hall–Kier alpha value is -1.07. The highest BCUT2D eigenvalue weighted by atomic mass is 19.4. The number of hydrogen-bond acceptors (Lipinski definition) is 2. The molecule has 1 unspecified atom stereocenters. The molecule has 90 valence electrons. The Balaban J connectivity index is 2.51. The van der Waals surface area contributed by atoms with Gasteiger partial charge >= 0.3 is 6.18 Å². The standard InChI is InChI=1S/C11H14F3NO/c12-11(13,14)10(6-7-16)15-8-9-4-2-1-3-5-9/h1-5,10,15-16H,6-8H2. The first kappa shape index (κ1) is 13.0. The molecule has 0 aliphatic rings. The van der Waals surface area contributed by atoms with Crippen molar-refractivity contribution < 1.29 is 18.3 Å². The van der Waals surface area contributed by atoms with Gasteiger partial charge in [-0.05, 0) is 12.0 Å². The molecule has 0 fully saturated rings. The first-order chi connectivity index (χ1) is 7.54. The summed E-state index contributed by atoms with van der Waals surface area (Å²) in [7, 11) is 0. The van der Waals surface area contributed by atoms with Crippen LogP contribution in [0.4, 0.5) is 13.2 Å². The molecule has 2 nitrogen and oxygen atoms in total. The lowest BCUT2D eigenvalue weighted by molar-refractivity contribution is -0.159. The van der Waals surface area contributed by atoms with Crippen LogP contribution in [0, 0.1) is 0 Å². The van der Waals surface area contributed by atoms with Crippen molar-refractivity contribution in [3.05, 3.63) is 35.9 Å². The molecule has 0 amide bonds. The van der Waals surface area contributed by atoms with Crippen LogP contribution in [0.3, 0.4) is 0 Å². The van der Waals surface area contributed by atoms with Gasteiger partial charge in [0.25, 0.3) is 0 Å². The van der Waals surface area contributed by atoms with Crippen LogP contribution in [0.1, 0.15) is 12.0 Å². The van der Waals surface area contributed by atoms with Gasteiger partial charge in [0.1, 0.15) is 6.04 Å². The Morgan fingerprint density at radius 2 is 1.81 bits per heavy atom. The van der Waals surface area contributed by atoms with Gasteiger partial charge in [0.2, 0.25) is 0 Å². The third-order valence-electron chi connectivity index (χ3n) is 2.21. The van der Waals surface area contributed by atoms with E-state index in [-0.39, 0.29) is 13.0 Å². The number of benzene rings is 1. The molecule has 0 saturated carbocycles. The zero-order chi connectivity index (χ0) is 12.0. The third-order valence-corrected chi connectivity index (χ3v) is 2.21. The van der Waals surface area contributed by atoms with Crippen LogP contribution < -0.4 is 5.32 Å². The highest BCUT2D eigenvalue weighted by Crippen LogP contribution is 2.22. The number of nitrogens with one attached hydrogen (secondary N) is 1. The zero-order valence-electron chi connectivity index (χ0n) is 8.67. The van der Waals surface area contributed by atoms with Gasteiger partial charge in [0, 0.05) is 13.2 Å². The monoisotopic (exact) mass is 233 g/mol. The quantitative estimate of drug-likeness (QED) is 0.816. The van der Waals surface area contributed by atoms with Crippen LogP contribution in [0.15, 0.2) is 30.3 Å². The maximum atomic E-state index is 12.4. The average molecular weight is 233 g/mol. The molecular weight excluding hydrogens is 219 g/mol. The molecule has 1 aromatic carbocycles. The first-order valence-corrected chi connectivity index (χ1v) is 4.99. The second kappa shape index (κ2) is 5.86. The van der Waals surface area contributed by atoms with Gasteiger partial charge in [0.15, 0.2) is 0 Å². The number of aliphatic hydroxyl groups excluding tert-OH is 1. The fourth-order valence-electron chi connectivity index (χ4n) is 1.35. The predicted octanol–water partition coefficient (Wildman–Crippen LogP) is 2.09. The summed E-state index contributed by atoms with van der Waals surface area (Å²) in [5.41, 5.74) is 0.787. The number of aliphatic hydroxyl groups is 1. The van der Waals surface area contributed by atoms with E-state index in [2.05, 4.69) is 5.32 Å². The molecule has 1 rings (SSSR count). The van der Waals surface area contributed by atoms with E-state index < -0.39 is 18.8 Å². The summed E-state index contributed by atoms with van der Waals surface area (Å²) in [6.07, 6.45) is -4.64. The van der Waals surface area contributed by atoms with Crippen molar-refractivity contribution in [1.82, 2.24) is 5.32 Å². The molecule has 16 heavy (non-hydrogen) atoms. The normalized spacial score (nSPS) is 13.8. The van der Waals surface area contributed by atoms with E-state index in [9.17, 15) is 13.2 Å². The molecule has 0 aromatic heterocycles. The second-order valence-electron chi connectivity index (χ2n) is 3.47. The molecule has 0 aliphatic carbocycles. The molecule has 2 N–H and O–H groups in total. The smallest absolute Gasteiger partial charge is 0.396 e. The zero-order valence-corrected chi connectivity index (χ0v) is 8.67. The van der Waals surface area contributed by atoms with Crippen LogP contribution in [0.25, 0.3) is 0 Å². The van der Waals surface area contributed by atoms with Gasteiger partial charge in [0.05, 0.1) is 0 Å². The van der Waals surface area contributed by atoms with Gasteiger partial charge < -0.3 is 10.4 Å². The number of hydrogen-bond donors (Lipinski definition) is 2. The van der Waals surface area contributed by atoms with Gasteiger partial charge in [-0.2, -0.15) is 13.2 Å². The predicted molar refractivity (Wildman–Crippen MR) is 54.8 cm³/mol. The minimum absolute atomic E-state index is 0.144. The topological polar surface area (TPSA) is 32.3 Å². The molecule has 0 bridgehead atoms. The van der Waals surface area contributed by atoms with E-state index in [0.717, 1.165) is 5.56 Å². The summed E-state index contributed by atoms with van der Waals surface area (Å²) in [5.74, 6) is 0. The molecule has 0 spiro atoms. The largest absolute Gasteiger partial charge is 0.403 e. The molecule has 1 atom stereocenters. The van der Waals surface area contributed by atoms with Crippen LogP contribution >= 0.6 is 0 Å². The minimum atomic E-state index is -4.32. The lowest BCUT2D eigenvalue weighted by Gasteiger charge is -2.20. The molecule has 0 radical (unpaired) electrons. The summed E-state index contributed by atoms with van der Waals surface area (Å²) in [5, 5.41) is 10.9. The summed E-state index contributed by atoms with van der Waals surface area (Å²) in [6.45, 7) is -0.336. The summed E-state index contributed by atoms with van der Waals surface area (Å²) in [6, 6.07) is 7.19. The summed E-state index contributed by atoms with van der Waals surface area (Å²) >= 11 is 0. The van der Waals surface area contributed by atoms with E-state index in [0.29, 0.717) is 0 Å². The highest BCUT2D eigenvalue weighted by Gasteiger charge is 2.38. The van der Waals surface area contributed by atoms with E-state index >= 15 is 0 Å². The highest BCUT2D eigenvalue weighted by molar-refractivity contribution is 5.14. The van der Waals surface area contributed by atoms with E-state index in [4.69, 9.17) is 5.11 Å². The maximum absolute atomic E-state index is 12.4. The Kier molecular flexibility index (Phi) is 4.76. The number of alkyl halides is 3.